The molecule has 1 unspecified atom stereocenters. The Hall–Kier alpha value is -2.70. The molecule has 0 bridgehead atoms. The van der Waals surface area contributed by atoms with Crippen LogP contribution in [0.4, 0.5) is 5.00 Å². The first-order chi connectivity index (χ1) is 15.1. The number of amides is 2. The molecule has 2 amide bonds. The standard InChI is InChI=1S/C23H25N3O4S2/c1-4-23(2,3)14-9-10-15-17(12-24)21(31-18(15)11-14)25-20(27)13-26-22(28)16-7-5-6-8-19(16)32(26,29)30/h5-8,14H,4,9-11,13H2,1-3H3,(H,25,27). The molecular weight excluding hydrogens is 446 g/mol. The number of carbonyl (C=O) groups is 2. The number of hydrogen-bond acceptors (Lipinski definition) is 6. The summed E-state index contributed by atoms with van der Waals surface area (Å²) in [4.78, 5) is 26.3. The minimum absolute atomic E-state index is 0.0641. The van der Waals surface area contributed by atoms with Crippen molar-refractivity contribution in [3.05, 3.63) is 45.8 Å². The lowest BCUT2D eigenvalue weighted by atomic mass is 9.69. The number of thiophene rings is 1. The van der Waals surface area contributed by atoms with Gasteiger partial charge in [0.2, 0.25) is 5.91 Å². The Balaban J connectivity index is 1.54. The lowest BCUT2D eigenvalue weighted by Crippen LogP contribution is -2.37. The average molecular weight is 472 g/mol. The molecule has 0 radical (unpaired) electrons. The fraction of sp³-hybridized carbons (Fsp3) is 0.435. The highest BCUT2D eigenvalue weighted by molar-refractivity contribution is 7.90. The molecule has 2 heterocycles. The van der Waals surface area contributed by atoms with Crippen molar-refractivity contribution in [3.63, 3.8) is 0 Å². The molecule has 2 aromatic rings. The van der Waals surface area contributed by atoms with Gasteiger partial charge in [-0.1, -0.05) is 39.3 Å². The number of carbonyl (C=O) groups excluding carboxylic acids is 2. The predicted octanol–water partition coefficient (Wildman–Crippen LogP) is 3.94. The Morgan fingerprint density at radius 1 is 1.34 bits per heavy atom. The van der Waals surface area contributed by atoms with Gasteiger partial charge in [0.05, 0.1) is 11.1 Å². The van der Waals surface area contributed by atoms with Crippen LogP contribution in [0.15, 0.2) is 29.2 Å². The van der Waals surface area contributed by atoms with E-state index in [9.17, 15) is 23.3 Å². The first kappa shape index (κ1) is 22.5. The SMILES string of the molecule is CCC(C)(C)C1CCc2c(sc(NC(=O)CN3C(=O)c4ccccc4S3(=O)=O)c2C#N)C1. The number of nitriles is 1. The highest BCUT2D eigenvalue weighted by Gasteiger charge is 2.42. The Labute approximate surface area is 192 Å². The fourth-order valence-electron chi connectivity index (χ4n) is 4.43. The van der Waals surface area contributed by atoms with E-state index in [1.54, 1.807) is 6.07 Å². The third-order valence-corrected chi connectivity index (χ3v) is 9.80. The molecule has 2 aliphatic rings. The third-order valence-electron chi connectivity index (χ3n) is 6.85. The van der Waals surface area contributed by atoms with Crippen LogP contribution < -0.4 is 5.32 Å². The van der Waals surface area contributed by atoms with Gasteiger partial charge in [0, 0.05) is 4.88 Å². The Morgan fingerprint density at radius 3 is 2.72 bits per heavy atom. The van der Waals surface area contributed by atoms with Crippen molar-refractivity contribution in [2.45, 2.75) is 51.3 Å². The summed E-state index contributed by atoms with van der Waals surface area (Å²) in [6, 6.07) is 8.12. The minimum atomic E-state index is -4.07. The maximum atomic E-state index is 12.7. The zero-order valence-corrected chi connectivity index (χ0v) is 19.9. The topological polar surface area (TPSA) is 107 Å². The summed E-state index contributed by atoms with van der Waals surface area (Å²) in [5, 5.41) is 12.8. The van der Waals surface area contributed by atoms with Crippen LogP contribution in [0.3, 0.4) is 0 Å². The van der Waals surface area contributed by atoms with Crippen LogP contribution in [0.5, 0.6) is 0 Å². The van der Waals surface area contributed by atoms with Gasteiger partial charge in [0.1, 0.15) is 22.5 Å². The number of hydrogen-bond donors (Lipinski definition) is 1. The van der Waals surface area contributed by atoms with Gasteiger partial charge < -0.3 is 5.32 Å². The molecule has 0 fully saturated rings. The van der Waals surface area contributed by atoms with Crippen LogP contribution in [0.25, 0.3) is 0 Å². The van der Waals surface area contributed by atoms with E-state index in [0.29, 0.717) is 20.8 Å². The molecule has 1 atom stereocenters. The maximum Gasteiger partial charge on any atom is 0.269 e. The van der Waals surface area contributed by atoms with E-state index in [-0.39, 0.29) is 15.9 Å². The summed E-state index contributed by atoms with van der Waals surface area (Å²) in [7, 11) is -4.07. The second-order valence-corrected chi connectivity index (χ2v) is 11.9. The summed E-state index contributed by atoms with van der Waals surface area (Å²) in [6.07, 6.45) is 3.70. The quantitative estimate of drug-likeness (QED) is 0.711. The highest BCUT2D eigenvalue weighted by atomic mass is 32.2. The fourth-order valence-corrected chi connectivity index (χ4v) is 7.25. The van der Waals surface area contributed by atoms with Gasteiger partial charge in [-0.25, -0.2) is 12.7 Å². The molecule has 32 heavy (non-hydrogen) atoms. The van der Waals surface area contributed by atoms with E-state index in [0.717, 1.165) is 36.1 Å². The number of anilines is 1. The van der Waals surface area contributed by atoms with E-state index >= 15 is 0 Å². The summed E-state index contributed by atoms with van der Waals surface area (Å²) < 4.78 is 26.0. The van der Waals surface area contributed by atoms with Gasteiger partial charge in [-0.15, -0.1) is 11.3 Å². The average Bonchev–Trinajstić information content (AvgIpc) is 3.20. The third kappa shape index (κ3) is 3.61. The number of nitrogens with zero attached hydrogens (tertiary/aromatic N) is 2. The lowest BCUT2D eigenvalue weighted by Gasteiger charge is -2.36. The Bertz CT molecular complexity index is 1250. The van der Waals surface area contributed by atoms with E-state index in [2.05, 4.69) is 32.2 Å². The van der Waals surface area contributed by atoms with Crippen LogP contribution >= 0.6 is 11.3 Å². The van der Waals surface area contributed by atoms with Gasteiger partial charge in [0.15, 0.2) is 0 Å². The van der Waals surface area contributed by atoms with E-state index < -0.39 is 28.4 Å². The monoisotopic (exact) mass is 471 g/mol. The second kappa shape index (κ2) is 8.01. The number of benzene rings is 1. The normalized spacial score (nSPS) is 19.2. The number of fused-ring (bicyclic) bond motifs is 2. The molecule has 0 saturated heterocycles. The molecule has 9 heteroatoms. The van der Waals surface area contributed by atoms with Crippen LogP contribution in [-0.2, 0) is 27.7 Å². The molecular formula is C23H25N3O4S2. The van der Waals surface area contributed by atoms with Gasteiger partial charge in [-0.3, -0.25) is 9.59 Å². The molecule has 0 saturated carbocycles. The van der Waals surface area contributed by atoms with E-state index in [1.807, 2.05) is 0 Å². The molecule has 1 aromatic heterocycles. The zero-order valence-electron chi connectivity index (χ0n) is 18.3. The summed E-state index contributed by atoms with van der Waals surface area (Å²) >= 11 is 1.38. The van der Waals surface area contributed by atoms with E-state index in [1.165, 1.54) is 29.5 Å². The molecule has 1 N–H and O–H groups in total. The number of sulfonamides is 1. The van der Waals surface area contributed by atoms with Gasteiger partial charge in [-0.2, -0.15) is 5.26 Å². The number of rotatable bonds is 5. The van der Waals surface area contributed by atoms with Crippen LogP contribution in [0.2, 0.25) is 0 Å². The lowest BCUT2D eigenvalue weighted by molar-refractivity contribution is -0.116. The van der Waals surface area contributed by atoms with Crippen molar-refractivity contribution < 1.29 is 18.0 Å². The van der Waals surface area contributed by atoms with Gasteiger partial charge in [0.25, 0.3) is 15.9 Å². The van der Waals surface area contributed by atoms with Crippen LogP contribution in [0.1, 0.15) is 60.0 Å². The van der Waals surface area contributed by atoms with E-state index in [4.69, 9.17) is 0 Å². The zero-order chi connectivity index (χ0) is 23.3. The van der Waals surface area contributed by atoms with Crippen molar-refractivity contribution in [1.29, 1.82) is 5.26 Å². The van der Waals surface area contributed by atoms with Crippen molar-refractivity contribution >= 4 is 38.2 Å². The first-order valence-corrected chi connectivity index (χ1v) is 12.9. The summed E-state index contributed by atoms with van der Waals surface area (Å²) in [5.41, 5.74) is 1.68. The highest BCUT2D eigenvalue weighted by Crippen LogP contribution is 2.45. The first-order valence-electron chi connectivity index (χ1n) is 10.6. The molecule has 1 aliphatic carbocycles. The molecule has 1 aliphatic heterocycles. The minimum Gasteiger partial charge on any atom is -0.315 e. The van der Waals surface area contributed by atoms with Crippen molar-refractivity contribution in [2.75, 3.05) is 11.9 Å². The second-order valence-electron chi connectivity index (χ2n) is 8.96. The summed E-state index contributed by atoms with van der Waals surface area (Å²) in [6.45, 7) is 6.07. The number of nitrogens with one attached hydrogen (secondary N) is 1. The van der Waals surface area contributed by atoms with Gasteiger partial charge in [-0.05, 0) is 48.3 Å². The smallest absolute Gasteiger partial charge is 0.269 e. The molecule has 4 rings (SSSR count). The maximum absolute atomic E-state index is 12.7. The van der Waals surface area contributed by atoms with Crippen molar-refractivity contribution in [2.24, 2.45) is 11.3 Å². The predicted molar refractivity (Wildman–Crippen MR) is 122 cm³/mol. The van der Waals surface area contributed by atoms with Crippen LogP contribution in [-0.4, -0.2) is 31.1 Å². The Kier molecular flexibility index (Phi) is 5.63. The van der Waals surface area contributed by atoms with Crippen molar-refractivity contribution in [3.8, 4) is 6.07 Å². The Morgan fingerprint density at radius 2 is 2.06 bits per heavy atom. The molecule has 1 aromatic carbocycles. The molecule has 168 valence electrons. The largest absolute Gasteiger partial charge is 0.315 e. The summed E-state index contributed by atoms with van der Waals surface area (Å²) in [5.74, 6) is -0.860. The van der Waals surface area contributed by atoms with Crippen molar-refractivity contribution in [1.82, 2.24) is 4.31 Å². The molecule has 7 nitrogen and oxygen atoms in total. The molecule has 0 spiro atoms. The van der Waals surface area contributed by atoms with Gasteiger partial charge >= 0.3 is 0 Å². The van der Waals surface area contributed by atoms with Crippen LogP contribution in [0, 0.1) is 22.7 Å².